The van der Waals surface area contributed by atoms with Crippen molar-refractivity contribution in [3.05, 3.63) is 167 Å². The highest BCUT2D eigenvalue weighted by Gasteiger charge is 2.45. The molecule has 0 unspecified atom stereocenters. The van der Waals surface area contributed by atoms with E-state index in [1.807, 2.05) is 0 Å². The lowest BCUT2D eigenvalue weighted by atomic mass is 9.33. The van der Waals surface area contributed by atoms with E-state index in [4.69, 9.17) is 4.98 Å². The van der Waals surface area contributed by atoms with E-state index in [-0.39, 0.29) is 39.2 Å². The number of anilines is 6. The standard InChI is InChI=1S/C67H76BN3S/c1-62(2,3)43-23-19-41(20-24-43)50-35-46(65(10,11)12)29-33-54(50)71-56-40-59-53(69-61(72-59)42-21-25-44(26-22-42)63(4,5)6)39-52(56)68-51-36-47(66(13,14)15)30-34-55(51)70(49-31-27-45(28-32-49)64(7,8)9)57-37-48(67(16,17)18)38-58(71)60(57)68/h19-40H,1-18H3. The van der Waals surface area contributed by atoms with Gasteiger partial charge in [0.05, 0.1) is 15.9 Å². The molecule has 10 rings (SSSR count). The van der Waals surface area contributed by atoms with Crippen molar-refractivity contribution in [1.29, 1.82) is 0 Å². The van der Waals surface area contributed by atoms with Crippen LogP contribution in [0, 0.1) is 0 Å². The van der Waals surface area contributed by atoms with Crippen LogP contribution >= 0.6 is 11.3 Å². The summed E-state index contributed by atoms with van der Waals surface area (Å²) in [5.74, 6) is 0. The van der Waals surface area contributed by atoms with E-state index >= 15 is 0 Å². The minimum atomic E-state index is -0.147. The topological polar surface area (TPSA) is 19.4 Å². The summed E-state index contributed by atoms with van der Waals surface area (Å²) in [5, 5.41) is 1.05. The summed E-state index contributed by atoms with van der Waals surface area (Å²) in [5.41, 5.74) is 23.7. The Morgan fingerprint density at radius 3 is 1.31 bits per heavy atom. The van der Waals surface area contributed by atoms with E-state index < -0.39 is 0 Å². The van der Waals surface area contributed by atoms with Gasteiger partial charge in [0.1, 0.15) is 5.01 Å². The second kappa shape index (κ2) is 16.8. The summed E-state index contributed by atoms with van der Waals surface area (Å²) in [4.78, 5) is 10.7. The molecule has 3 heterocycles. The van der Waals surface area contributed by atoms with Crippen molar-refractivity contribution in [2.24, 2.45) is 0 Å². The van der Waals surface area contributed by atoms with Gasteiger partial charge in [-0.15, -0.1) is 11.3 Å². The van der Waals surface area contributed by atoms with Crippen molar-refractivity contribution < 1.29 is 0 Å². The van der Waals surface area contributed by atoms with Gasteiger partial charge >= 0.3 is 0 Å². The van der Waals surface area contributed by atoms with E-state index in [9.17, 15) is 0 Å². The zero-order valence-electron chi connectivity index (χ0n) is 46.5. The maximum absolute atomic E-state index is 5.52. The predicted octanol–water partition coefficient (Wildman–Crippen LogP) is 17.5. The minimum absolute atomic E-state index is 0.0324. The first-order valence-electron chi connectivity index (χ1n) is 26.3. The number of rotatable bonds is 4. The highest BCUT2D eigenvalue weighted by molar-refractivity contribution is 7.21. The Balaban J connectivity index is 1.33. The fraction of sp³-hybridized carbons (Fsp3) is 0.358. The zero-order valence-corrected chi connectivity index (χ0v) is 47.3. The highest BCUT2D eigenvalue weighted by atomic mass is 32.1. The van der Waals surface area contributed by atoms with Crippen LogP contribution in [0.15, 0.2) is 133 Å². The van der Waals surface area contributed by atoms with E-state index in [2.05, 4.69) is 268 Å². The van der Waals surface area contributed by atoms with Crippen molar-refractivity contribution in [3.63, 3.8) is 0 Å². The van der Waals surface area contributed by atoms with E-state index in [0.29, 0.717) is 0 Å². The summed E-state index contributed by atoms with van der Waals surface area (Å²) in [6, 6.07) is 52.5. The molecule has 3 nitrogen and oxygen atoms in total. The average Bonchev–Trinajstić information content (AvgIpc) is 3.72. The van der Waals surface area contributed by atoms with Gasteiger partial charge in [0.2, 0.25) is 0 Å². The van der Waals surface area contributed by atoms with Crippen LogP contribution in [0.4, 0.5) is 34.1 Å². The molecular formula is C67H76BN3S. The van der Waals surface area contributed by atoms with Gasteiger partial charge in [-0.3, -0.25) is 0 Å². The molecule has 0 amide bonds. The number of thiazole rings is 1. The van der Waals surface area contributed by atoms with E-state index in [1.165, 1.54) is 99.7 Å². The molecule has 0 radical (unpaired) electrons. The maximum Gasteiger partial charge on any atom is 0.252 e. The van der Waals surface area contributed by atoms with Gasteiger partial charge in [0.15, 0.2) is 0 Å². The normalized spacial score (nSPS) is 14.2. The molecule has 72 heavy (non-hydrogen) atoms. The molecule has 0 saturated carbocycles. The molecule has 0 saturated heterocycles. The fourth-order valence-corrected chi connectivity index (χ4v) is 11.8. The SMILES string of the molecule is CC(C)(C)c1ccc(-c2nc3cc4c(cc3s2)N(c2ccc(C(C)(C)C)cc2-c2ccc(C(C)(C)C)cc2)c2cc(C(C)(C)C)cc3c2B4c2cc(C(C)(C)C)ccc2N3c2ccc(C(C)(C)C)cc2)cc1. The second-order valence-corrected chi connectivity index (χ2v) is 28.2. The van der Waals surface area contributed by atoms with Gasteiger partial charge in [-0.2, -0.15) is 0 Å². The van der Waals surface area contributed by atoms with Crippen LogP contribution in [-0.2, 0) is 32.5 Å². The largest absolute Gasteiger partial charge is 0.311 e. The van der Waals surface area contributed by atoms with Crippen LogP contribution < -0.4 is 26.2 Å². The van der Waals surface area contributed by atoms with Crippen LogP contribution in [0.5, 0.6) is 0 Å². The smallest absolute Gasteiger partial charge is 0.252 e. The van der Waals surface area contributed by atoms with Gasteiger partial charge < -0.3 is 9.80 Å². The van der Waals surface area contributed by atoms with Crippen LogP contribution in [0.1, 0.15) is 158 Å². The number of fused-ring (bicyclic) bond motifs is 5. The lowest BCUT2D eigenvalue weighted by Crippen LogP contribution is -2.61. The molecule has 1 aromatic heterocycles. The summed E-state index contributed by atoms with van der Waals surface area (Å²) >= 11 is 1.80. The molecule has 0 bridgehead atoms. The molecule has 2 aliphatic heterocycles. The maximum atomic E-state index is 5.52. The van der Waals surface area contributed by atoms with Gasteiger partial charge in [0, 0.05) is 39.6 Å². The lowest BCUT2D eigenvalue weighted by Gasteiger charge is -2.46. The lowest BCUT2D eigenvalue weighted by molar-refractivity contribution is 0.589. The zero-order chi connectivity index (χ0) is 51.8. The molecule has 0 atom stereocenters. The molecule has 368 valence electrons. The Morgan fingerprint density at radius 2 is 0.792 bits per heavy atom. The highest BCUT2D eigenvalue weighted by Crippen LogP contribution is 2.50. The number of aromatic nitrogens is 1. The number of hydrogen-bond acceptors (Lipinski definition) is 4. The third-order valence-corrected chi connectivity index (χ3v) is 16.5. The van der Waals surface area contributed by atoms with Crippen molar-refractivity contribution in [2.45, 2.75) is 157 Å². The van der Waals surface area contributed by atoms with Crippen molar-refractivity contribution in [3.8, 4) is 21.7 Å². The molecular weight excluding hydrogens is 890 g/mol. The number of benzene rings is 7. The Bertz CT molecular complexity index is 3390. The van der Waals surface area contributed by atoms with Crippen molar-refractivity contribution in [1.82, 2.24) is 4.98 Å². The summed E-state index contributed by atoms with van der Waals surface area (Å²) in [6.45, 7) is 41.7. The third kappa shape index (κ3) is 8.82. The molecule has 8 aromatic rings. The molecule has 0 aliphatic carbocycles. The number of nitrogens with zero attached hydrogens (tertiary/aromatic N) is 3. The summed E-state index contributed by atoms with van der Waals surface area (Å²) in [6.07, 6.45) is 0. The van der Waals surface area contributed by atoms with Gasteiger partial charge in [-0.25, -0.2) is 4.98 Å². The summed E-state index contributed by atoms with van der Waals surface area (Å²) in [7, 11) is 0. The van der Waals surface area contributed by atoms with Crippen LogP contribution in [0.2, 0.25) is 0 Å². The third-order valence-electron chi connectivity index (χ3n) is 15.5. The quantitative estimate of drug-likeness (QED) is 0.164. The predicted molar refractivity (Wildman–Crippen MR) is 317 cm³/mol. The summed E-state index contributed by atoms with van der Waals surface area (Å²) < 4.78 is 1.19. The minimum Gasteiger partial charge on any atom is -0.311 e. The molecule has 0 N–H and O–H groups in total. The molecule has 5 heteroatoms. The average molecular weight is 966 g/mol. The first-order valence-corrected chi connectivity index (χ1v) is 27.1. The Kier molecular flexibility index (Phi) is 11.6. The number of hydrogen-bond donors (Lipinski definition) is 0. The fourth-order valence-electron chi connectivity index (χ4n) is 10.8. The monoisotopic (exact) mass is 966 g/mol. The molecule has 0 spiro atoms. The Hall–Kier alpha value is -5.91. The van der Waals surface area contributed by atoms with E-state index in [1.54, 1.807) is 11.3 Å². The molecule has 0 fully saturated rings. The van der Waals surface area contributed by atoms with E-state index in [0.717, 1.165) is 16.1 Å². The second-order valence-electron chi connectivity index (χ2n) is 27.1. The van der Waals surface area contributed by atoms with Crippen LogP contribution in [0.3, 0.4) is 0 Å². The first-order chi connectivity index (χ1) is 33.5. The Morgan fingerprint density at radius 1 is 0.361 bits per heavy atom. The first kappa shape index (κ1) is 49.7. The van der Waals surface area contributed by atoms with Crippen LogP contribution in [0.25, 0.3) is 31.9 Å². The van der Waals surface area contributed by atoms with Crippen LogP contribution in [-0.4, -0.2) is 11.7 Å². The molecule has 2 aliphatic rings. The molecule has 7 aromatic carbocycles. The van der Waals surface area contributed by atoms with Gasteiger partial charge in [-0.1, -0.05) is 203 Å². The Labute approximate surface area is 436 Å². The van der Waals surface area contributed by atoms with Crippen molar-refractivity contribution in [2.75, 3.05) is 9.80 Å². The van der Waals surface area contributed by atoms with Crippen molar-refractivity contribution >= 4 is 78.8 Å². The van der Waals surface area contributed by atoms with Gasteiger partial charge in [0.25, 0.3) is 6.71 Å². The van der Waals surface area contributed by atoms with Gasteiger partial charge in [-0.05, 0) is 142 Å².